The van der Waals surface area contributed by atoms with Crippen molar-refractivity contribution in [2.45, 2.75) is 19.8 Å². The standard InChI is InChI=1S/C27H24N2O5/c1-16-10-17(2)12-21(11-16)32-15-25(30)33-20-8-9-22-24(13-20)34-27(29)23(14-28)26(22)18-4-6-19(31-3)7-5-18/h4-13,26H,15,29H2,1-3H3. The van der Waals surface area contributed by atoms with Crippen LogP contribution in [0.25, 0.3) is 0 Å². The van der Waals surface area contributed by atoms with E-state index in [-0.39, 0.29) is 18.2 Å². The zero-order valence-corrected chi connectivity index (χ0v) is 19.1. The van der Waals surface area contributed by atoms with E-state index >= 15 is 0 Å². The first-order valence-electron chi connectivity index (χ1n) is 10.6. The molecule has 7 heteroatoms. The fraction of sp³-hybridized carbons (Fsp3) is 0.185. The Morgan fingerprint density at radius 3 is 2.32 bits per heavy atom. The van der Waals surface area contributed by atoms with Crippen molar-refractivity contribution in [1.29, 1.82) is 5.26 Å². The molecule has 0 saturated heterocycles. The molecular formula is C27H24N2O5. The SMILES string of the molecule is COc1ccc(C2C(C#N)=C(N)Oc3cc(OC(=O)COc4cc(C)cc(C)c4)ccc32)cc1. The number of esters is 1. The van der Waals surface area contributed by atoms with E-state index in [9.17, 15) is 10.1 Å². The molecule has 0 saturated carbocycles. The zero-order chi connectivity index (χ0) is 24.2. The highest BCUT2D eigenvalue weighted by Crippen LogP contribution is 2.43. The molecule has 3 aromatic rings. The van der Waals surface area contributed by atoms with Crippen molar-refractivity contribution in [2.24, 2.45) is 5.73 Å². The van der Waals surface area contributed by atoms with Gasteiger partial charge in [0.15, 0.2) is 6.61 Å². The molecule has 0 spiro atoms. The fourth-order valence-corrected chi connectivity index (χ4v) is 3.96. The molecule has 1 unspecified atom stereocenters. The molecule has 34 heavy (non-hydrogen) atoms. The quantitative estimate of drug-likeness (QED) is 0.430. The van der Waals surface area contributed by atoms with Gasteiger partial charge in [-0.25, -0.2) is 4.79 Å². The second-order valence-corrected chi connectivity index (χ2v) is 7.98. The van der Waals surface area contributed by atoms with Gasteiger partial charge in [0.05, 0.1) is 13.0 Å². The Hall–Kier alpha value is -4.44. The van der Waals surface area contributed by atoms with Crippen molar-refractivity contribution < 1.29 is 23.7 Å². The van der Waals surface area contributed by atoms with E-state index in [0.29, 0.717) is 22.8 Å². The van der Waals surface area contributed by atoms with E-state index < -0.39 is 11.9 Å². The molecule has 1 heterocycles. The summed E-state index contributed by atoms with van der Waals surface area (Å²) in [5, 5.41) is 9.70. The first-order chi connectivity index (χ1) is 16.4. The number of ether oxygens (including phenoxy) is 4. The van der Waals surface area contributed by atoms with Crippen molar-refractivity contribution >= 4 is 5.97 Å². The van der Waals surface area contributed by atoms with Gasteiger partial charge in [0, 0.05) is 11.6 Å². The lowest BCUT2D eigenvalue weighted by Crippen LogP contribution is -2.21. The molecule has 4 rings (SSSR count). The van der Waals surface area contributed by atoms with Gasteiger partial charge in [0.1, 0.15) is 34.6 Å². The number of rotatable bonds is 6. The average Bonchev–Trinajstić information content (AvgIpc) is 2.81. The van der Waals surface area contributed by atoms with Crippen LogP contribution in [0.3, 0.4) is 0 Å². The molecule has 7 nitrogen and oxygen atoms in total. The average molecular weight is 456 g/mol. The lowest BCUT2D eigenvalue weighted by atomic mass is 9.83. The highest BCUT2D eigenvalue weighted by molar-refractivity contribution is 5.74. The van der Waals surface area contributed by atoms with Gasteiger partial charge in [-0.15, -0.1) is 0 Å². The molecule has 0 amide bonds. The smallest absolute Gasteiger partial charge is 0.349 e. The molecule has 0 radical (unpaired) electrons. The number of allylic oxidation sites excluding steroid dienone is 1. The Kier molecular flexibility index (Phi) is 6.42. The molecule has 1 aliphatic rings. The molecule has 3 aromatic carbocycles. The molecule has 1 atom stereocenters. The van der Waals surface area contributed by atoms with E-state index in [1.54, 1.807) is 25.3 Å². The van der Waals surface area contributed by atoms with Crippen LogP contribution < -0.4 is 24.7 Å². The van der Waals surface area contributed by atoms with Crippen molar-refractivity contribution in [3.63, 3.8) is 0 Å². The predicted octanol–water partition coefficient (Wildman–Crippen LogP) is 4.51. The maximum absolute atomic E-state index is 12.4. The maximum atomic E-state index is 12.4. The first kappa shape index (κ1) is 22.7. The third kappa shape index (κ3) is 4.81. The van der Waals surface area contributed by atoms with E-state index in [1.165, 1.54) is 0 Å². The Morgan fingerprint density at radius 1 is 1.00 bits per heavy atom. The Morgan fingerprint density at radius 2 is 1.68 bits per heavy atom. The number of aryl methyl sites for hydroxylation is 2. The molecule has 0 aliphatic carbocycles. The molecule has 0 bridgehead atoms. The number of nitrogens with two attached hydrogens (primary N) is 1. The minimum atomic E-state index is -0.553. The monoisotopic (exact) mass is 456 g/mol. The van der Waals surface area contributed by atoms with Gasteiger partial charge < -0.3 is 24.7 Å². The highest BCUT2D eigenvalue weighted by atomic mass is 16.6. The summed E-state index contributed by atoms with van der Waals surface area (Å²) in [6.07, 6.45) is 0. The minimum Gasteiger partial charge on any atom is -0.497 e. The summed E-state index contributed by atoms with van der Waals surface area (Å²) in [6.45, 7) is 3.68. The summed E-state index contributed by atoms with van der Waals surface area (Å²) in [4.78, 5) is 12.4. The molecule has 172 valence electrons. The minimum absolute atomic E-state index is 0.0115. The number of hydrogen-bond donors (Lipinski definition) is 1. The van der Waals surface area contributed by atoms with Crippen LogP contribution in [0.5, 0.6) is 23.0 Å². The van der Waals surface area contributed by atoms with E-state index in [2.05, 4.69) is 6.07 Å². The third-order valence-electron chi connectivity index (χ3n) is 5.42. The molecular weight excluding hydrogens is 432 g/mol. The van der Waals surface area contributed by atoms with Gasteiger partial charge >= 0.3 is 5.97 Å². The van der Waals surface area contributed by atoms with Gasteiger partial charge in [-0.3, -0.25) is 0 Å². The maximum Gasteiger partial charge on any atom is 0.349 e. The van der Waals surface area contributed by atoms with Crippen LogP contribution in [0.4, 0.5) is 0 Å². The van der Waals surface area contributed by atoms with Crippen LogP contribution in [0.15, 0.2) is 72.1 Å². The summed E-state index contributed by atoms with van der Waals surface area (Å²) < 4.78 is 21.9. The van der Waals surface area contributed by atoms with Gasteiger partial charge in [0.2, 0.25) is 5.88 Å². The molecule has 1 aliphatic heterocycles. The topological polar surface area (TPSA) is 104 Å². The Bertz CT molecular complexity index is 1290. The number of benzene rings is 3. The van der Waals surface area contributed by atoms with Crippen molar-refractivity contribution in [1.82, 2.24) is 0 Å². The number of hydrogen-bond acceptors (Lipinski definition) is 7. The van der Waals surface area contributed by atoms with Crippen LogP contribution in [0, 0.1) is 25.2 Å². The van der Waals surface area contributed by atoms with Gasteiger partial charge in [-0.2, -0.15) is 5.26 Å². The number of methoxy groups -OCH3 is 1. The van der Waals surface area contributed by atoms with Gasteiger partial charge in [0.25, 0.3) is 0 Å². The van der Waals surface area contributed by atoms with Crippen LogP contribution >= 0.6 is 0 Å². The Labute approximate surface area is 197 Å². The summed E-state index contributed by atoms with van der Waals surface area (Å²) in [6, 6.07) is 20.3. The van der Waals surface area contributed by atoms with Gasteiger partial charge in [-0.1, -0.05) is 24.3 Å². The predicted molar refractivity (Wildman–Crippen MR) is 126 cm³/mol. The van der Waals surface area contributed by atoms with Crippen LogP contribution in [0.1, 0.15) is 28.2 Å². The van der Waals surface area contributed by atoms with Crippen molar-refractivity contribution in [3.05, 3.63) is 94.4 Å². The second-order valence-electron chi connectivity index (χ2n) is 7.98. The summed E-state index contributed by atoms with van der Waals surface area (Å²) in [5.74, 6) is 1.05. The summed E-state index contributed by atoms with van der Waals surface area (Å²) >= 11 is 0. The lowest BCUT2D eigenvalue weighted by molar-refractivity contribution is -0.136. The molecule has 0 fully saturated rings. The van der Waals surface area contributed by atoms with Crippen LogP contribution in [0.2, 0.25) is 0 Å². The van der Waals surface area contributed by atoms with Crippen LogP contribution in [-0.4, -0.2) is 19.7 Å². The molecule has 0 aromatic heterocycles. The van der Waals surface area contributed by atoms with Gasteiger partial charge in [-0.05, 0) is 60.9 Å². The number of nitriles is 1. The summed E-state index contributed by atoms with van der Waals surface area (Å²) in [5.41, 5.74) is 10.1. The lowest BCUT2D eigenvalue weighted by Gasteiger charge is -2.26. The molecule has 2 N–H and O–H groups in total. The number of carbonyl (C=O) groups excluding carboxylic acids is 1. The van der Waals surface area contributed by atoms with Crippen molar-refractivity contribution in [3.8, 4) is 29.1 Å². The van der Waals surface area contributed by atoms with Crippen LogP contribution in [-0.2, 0) is 4.79 Å². The normalized spacial score (nSPS) is 14.5. The highest BCUT2D eigenvalue weighted by Gasteiger charge is 2.31. The van der Waals surface area contributed by atoms with E-state index in [4.69, 9.17) is 24.7 Å². The number of fused-ring (bicyclic) bond motifs is 1. The first-order valence-corrected chi connectivity index (χ1v) is 10.6. The van der Waals surface area contributed by atoms with E-state index in [1.807, 2.05) is 56.3 Å². The van der Waals surface area contributed by atoms with Crippen molar-refractivity contribution in [2.75, 3.05) is 13.7 Å². The summed E-state index contributed by atoms with van der Waals surface area (Å²) in [7, 11) is 1.59. The Balaban J connectivity index is 1.53. The third-order valence-corrected chi connectivity index (χ3v) is 5.42. The second kappa shape index (κ2) is 9.59. The van der Waals surface area contributed by atoms with E-state index in [0.717, 1.165) is 22.3 Å². The fourth-order valence-electron chi connectivity index (χ4n) is 3.96. The number of carbonyl (C=O) groups is 1. The largest absolute Gasteiger partial charge is 0.497 e. The number of nitrogens with zero attached hydrogens (tertiary/aromatic N) is 1. The zero-order valence-electron chi connectivity index (χ0n) is 19.1.